The number of nitrogens with two attached hydrogens (primary N) is 1. The van der Waals surface area contributed by atoms with Gasteiger partial charge in [-0.25, -0.2) is 13.1 Å². The monoisotopic (exact) mass is 397 g/mol. The quantitative estimate of drug-likeness (QED) is 0.449. The Morgan fingerprint density at radius 2 is 1.83 bits per heavy atom. The van der Waals surface area contributed by atoms with Gasteiger partial charge in [-0.2, -0.15) is 0 Å². The molecule has 3 N–H and O–H groups in total. The van der Waals surface area contributed by atoms with Crippen LogP contribution in [0, 0.1) is 10.1 Å². The van der Waals surface area contributed by atoms with Crippen molar-refractivity contribution in [3.63, 3.8) is 0 Å². The minimum atomic E-state index is -3.87. The van der Waals surface area contributed by atoms with Gasteiger partial charge in [-0.1, -0.05) is 37.3 Å². The van der Waals surface area contributed by atoms with Crippen LogP contribution in [-0.4, -0.2) is 25.4 Å². The first-order chi connectivity index (χ1) is 10.7. The van der Waals surface area contributed by atoms with Crippen LogP contribution >= 0.6 is 24.0 Å². The Bertz CT molecular complexity index is 689. The molecule has 24 heavy (non-hydrogen) atoms. The van der Waals surface area contributed by atoms with Crippen molar-refractivity contribution in [2.45, 2.75) is 49.0 Å². The summed E-state index contributed by atoms with van der Waals surface area (Å²) in [5.41, 5.74) is 5.48. The topological polar surface area (TPSA) is 115 Å². The molecule has 0 aliphatic heterocycles. The Balaban J connectivity index is 0.00000288. The van der Waals surface area contributed by atoms with Crippen molar-refractivity contribution in [2.75, 3.05) is 6.54 Å². The van der Waals surface area contributed by atoms with E-state index in [9.17, 15) is 18.5 Å². The third-order valence-electron chi connectivity index (χ3n) is 4.13. The number of sulfonamides is 1. The number of nitro benzene ring substituents is 1. The third kappa shape index (κ3) is 5.29. The second-order valence-electron chi connectivity index (χ2n) is 5.97. The molecule has 0 bridgehead atoms. The number of hydrogen-bond donors (Lipinski definition) is 2. The molecular weight excluding hydrogens is 377 g/mol. The Morgan fingerprint density at radius 1 is 1.25 bits per heavy atom. The summed E-state index contributed by atoms with van der Waals surface area (Å²) in [7, 11) is -3.87. The van der Waals surface area contributed by atoms with Crippen molar-refractivity contribution in [3.05, 3.63) is 33.3 Å². The van der Waals surface area contributed by atoms with E-state index in [1.807, 2.05) is 0 Å². The van der Waals surface area contributed by atoms with Crippen LogP contribution in [0.3, 0.4) is 0 Å². The van der Waals surface area contributed by atoms with E-state index >= 15 is 0 Å². The Morgan fingerprint density at radius 3 is 2.33 bits per heavy atom. The second-order valence-corrected chi connectivity index (χ2v) is 8.12. The van der Waals surface area contributed by atoms with E-state index in [-0.39, 0.29) is 34.6 Å². The molecule has 2 rings (SSSR count). The average Bonchev–Trinajstić information content (AvgIpc) is 2.70. The minimum absolute atomic E-state index is 0. The van der Waals surface area contributed by atoms with E-state index < -0.39 is 20.5 Å². The van der Waals surface area contributed by atoms with E-state index in [1.165, 1.54) is 0 Å². The number of hydrogen-bond acceptors (Lipinski definition) is 5. The highest BCUT2D eigenvalue weighted by Crippen LogP contribution is 2.28. The lowest BCUT2D eigenvalue weighted by Gasteiger charge is -2.28. The van der Waals surface area contributed by atoms with Gasteiger partial charge in [0.15, 0.2) is 0 Å². The summed E-state index contributed by atoms with van der Waals surface area (Å²) in [6.07, 6.45) is 5.72. The van der Waals surface area contributed by atoms with E-state index in [1.54, 1.807) is 0 Å². The fraction of sp³-hybridized carbons (Fsp3) is 0.571. The van der Waals surface area contributed by atoms with Gasteiger partial charge in [0.25, 0.3) is 5.69 Å². The van der Waals surface area contributed by atoms with Gasteiger partial charge in [-0.05, 0) is 18.9 Å². The first-order valence-corrected chi connectivity index (χ1v) is 9.32. The number of non-ortho nitro benzene ring substituents is 1. The number of nitrogens with one attached hydrogen (secondary N) is 1. The number of benzene rings is 1. The van der Waals surface area contributed by atoms with Gasteiger partial charge in [-0.3, -0.25) is 10.1 Å². The van der Waals surface area contributed by atoms with Crippen molar-refractivity contribution < 1.29 is 13.3 Å². The second kappa shape index (κ2) is 8.44. The van der Waals surface area contributed by atoms with E-state index in [0.717, 1.165) is 56.7 Å². The molecule has 1 aromatic rings. The summed E-state index contributed by atoms with van der Waals surface area (Å²) in [4.78, 5) is 9.88. The van der Waals surface area contributed by atoms with Gasteiger partial charge >= 0.3 is 0 Å². The lowest BCUT2D eigenvalue weighted by atomic mass is 9.92. The Labute approximate surface area is 152 Å². The normalized spacial score (nSPS) is 17.6. The van der Waals surface area contributed by atoms with Crippen LogP contribution in [0.4, 0.5) is 5.69 Å². The molecule has 0 aromatic heterocycles. The molecule has 1 aliphatic rings. The molecule has 0 radical (unpaired) electrons. The van der Waals surface area contributed by atoms with Crippen LogP contribution in [0.15, 0.2) is 23.1 Å². The van der Waals surface area contributed by atoms with E-state index in [0.29, 0.717) is 0 Å². The average molecular weight is 398 g/mol. The fourth-order valence-corrected chi connectivity index (χ4v) is 4.42. The molecule has 0 amide bonds. The molecule has 7 nitrogen and oxygen atoms in total. The van der Waals surface area contributed by atoms with Crippen molar-refractivity contribution >= 4 is 39.7 Å². The third-order valence-corrected chi connectivity index (χ3v) is 6.01. The highest BCUT2D eigenvalue weighted by Gasteiger charge is 2.29. The predicted octanol–water partition coefficient (Wildman–Crippen LogP) is 3.00. The van der Waals surface area contributed by atoms with E-state index in [4.69, 9.17) is 17.3 Å². The van der Waals surface area contributed by atoms with Crippen molar-refractivity contribution in [1.82, 2.24) is 4.72 Å². The summed E-state index contributed by atoms with van der Waals surface area (Å²) in [6, 6.07) is 3.28. The number of nitro groups is 1. The lowest BCUT2D eigenvalue weighted by molar-refractivity contribution is -0.384. The van der Waals surface area contributed by atoms with Crippen LogP contribution in [0.1, 0.15) is 38.5 Å². The minimum Gasteiger partial charge on any atom is -0.324 e. The van der Waals surface area contributed by atoms with Crippen LogP contribution in [-0.2, 0) is 10.0 Å². The van der Waals surface area contributed by atoms with Crippen molar-refractivity contribution in [2.24, 2.45) is 5.73 Å². The number of nitrogens with zero attached hydrogens (tertiary/aromatic N) is 1. The fourth-order valence-electron chi connectivity index (χ4n) is 2.75. The van der Waals surface area contributed by atoms with Crippen LogP contribution in [0.2, 0.25) is 5.02 Å². The van der Waals surface area contributed by atoms with Crippen LogP contribution < -0.4 is 10.5 Å². The summed E-state index contributed by atoms with van der Waals surface area (Å²) < 4.78 is 27.3. The first kappa shape index (κ1) is 21.1. The lowest BCUT2D eigenvalue weighted by Crippen LogP contribution is -2.49. The molecule has 0 atom stereocenters. The van der Waals surface area contributed by atoms with Crippen molar-refractivity contribution in [1.29, 1.82) is 0 Å². The van der Waals surface area contributed by atoms with Gasteiger partial charge in [0.05, 0.1) is 9.95 Å². The SMILES string of the molecule is Cl.NC1(CNS(=O)(=O)c2ccc([N+](=O)[O-])cc2Cl)CCCCCC1. The first-order valence-electron chi connectivity index (χ1n) is 7.46. The smallest absolute Gasteiger partial charge is 0.271 e. The predicted molar refractivity (Wildman–Crippen MR) is 95.2 cm³/mol. The Hall–Kier alpha value is -0.930. The molecule has 0 heterocycles. The highest BCUT2D eigenvalue weighted by molar-refractivity contribution is 7.89. The van der Waals surface area contributed by atoms with Gasteiger partial charge < -0.3 is 5.73 Å². The van der Waals surface area contributed by atoms with Gasteiger partial charge in [0, 0.05) is 24.2 Å². The molecule has 1 aromatic carbocycles. The zero-order chi connectivity index (χ0) is 17.1. The molecule has 0 unspecified atom stereocenters. The summed E-state index contributed by atoms with van der Waals surface area (Å²) in [5, 5.41) is 10.5. The summed E-state index contributed by atoms with van der Waals surface area (Å²) >= 11 is 5.89. The number of halogens is 2. The molecule has 1 fully saturated rings. The summed E-state index contributed by atoms with van der Waals surface area (Å²) in [6.45, 7) is 0.128. The Kier molecular flexibility index (Phi) is 7.43. The maximum absolute atomic E-state index is 12.4. The molecular formula is C14H21Cl2N3O4S. The molecule has 0 saturated heterocycles. The maximum Gasteiger partial charge on any atom is 0.271 e. The van der Waals surface area contributed by atoms with Crippen LogP contribution in [0.5, 0.6) is 0 Å². The maximum atomic E-state index is 12.4. The largest absolute Gasteiger partial charge is 0.324 e. The highest BCUT2D eigenvalue weighted by atomic mass is 35.5. The molecule has 1 saturated carbocycles. The molecule has 10 heteroatoms. The molecule has 1 aliphatic carbocycles. The molecule has 0 spiro atoms. The van der Waals surface area contributed by atoms with E-state index in [2.05, 4.69) is 4.72 Å². The number of rotatable bonds is 5. The standard InChI is InChI=1S/C14H20ClN3O4S.ClH/c15-12-9-11(18(19)20)5-6-13(12)23(21,22)17-10-14(16)7-3-1-2-4-8-14;/h5-6,9,17H,1-4,7-8,10,16H2;1H. The van der Waals surface area contributed by atoms with Gasteiger partial charge in [-0.15, -0.1) is 12.4 Å². The summed E-state index contributed by atoms with van der Waals surface area (Å²) in [5.74, 6) is 0. The zero-order valence-electron chi connectivity index (χ0n) is 13.0. The zero-order valence-corrected chi connectivity index (χ0v) is 15.4. The van der Waals surface area contributed by atoms with Gasteiger partial charge in [0.1, 0.15) is 4.90 Å². The van der Waals surface area contributed by atoms with Crippen LogP contribution in [0.25, 0.3) is 0 Å². The van der Waals surface area contributed by atoms with Crippen molar-refractivity contribution in [3.8, 4) is 0 Å². The van der Waals surface area contributed by atoms with Gasteiger partial charge in [0.2, 0.25) is 10.0 Å². The molecule has 136 valence electrons.